The van der Waals surface area contributed by atoms with E-state index in [1.165, 1.54) is 0 Å². The van der Waals surface area contributed by atoms with E-state index in [4.69, 9.17) is 8.83 Å². The molecule has 0 aliphatic heterocycles. The van der Waals surface area contributed by atoms with Gasteiger partial charge in [0.05, 0.1) is 18.1 Å². The number of hydrogen-bond donors (Lipinski definition) is 2. The van der Waals surface area contributed by atoms with Crippen molar-refractivity contribution in [2.24, 2.45) is 0 Å². The zero-order chi connectivity index (χ0) is 22.3. The Morgan fingerprint density at radius 1 is 0.968 bits per heavy atom. The summed E-state index contributed by atoms with van der Waals surface area (Å²) in [5.74, 6) is 0.475. The standard InChI is InChI=1S/C25H25NO5/c1-13-16(4)30-23-15(3)24-19(10-18(13)23)14(2)20(25(29)31-24)11-22(28)26-12-21(27)17-8-6-5-7-9-17/h5-10,21,27H,11-12H2,1-4H3,(H,26,28)/t21-/m1/s1. The van der Waals surface area contributed by atoms with Crippen molar-refractivity contribution in [3.05, 3.63) is 80.4 Å². The summed E-state index contributed by atoms with van der Waals surface area (Å²) < 4.78 is 11.5. The van der Waals surface area contributed by atoms with Crippen molar-refractivity contribution in [2.45, 2.75) is 40.2 Å². The minimum Gasteiger partial charge on any atom is -0.461 e. The van der Waals surface area contributed by atoms with Crippen molar-refractivity contribution in [1.82, 2.24) is 5.32 Å². The van der Waals surface area contributed by atoms with E-state index in [1.807, 2.05) is 52.0 Å². The van der Waals surface area contributed by atoms with Crippen LogP contribution in [0.15, 0.2) is 50.0 Å². The molecule has 0 aliphatic rings. The van der Waals surface area contributed by atoms with Crippen molar-refractivity contribution in [3.63, 3.8) is 0 Å². The summed E-state index contributed by atoms with van der Waals surface area (Å²) in [6.45, 7) is 7.66. The molecule has 4 rings (SSSR count). The Kier molecular flexibility index (Phi) is 5.41. The average Bonchev–Trinajstić information content (AvgIpc) is 3.05. The number of fused-ring (bicyclic) bond motifs is 2. The summed E-state index contributed by atoms with van der Waals surface area (Å²) in [5.41, 5.74) is 4.22. The van der Waals surface area contributed by atoms with Gasteiger partial charge in [-0.2, -0.15) is 0 Å². The third-order valence-electron chi connectivity index (χ3n) is 5.96. The van der Waals surface area contributed by atoms with E-state index >= 15 is 0 Å². The molecular weight excluding hydrogens is 394 g/mol. The molecule has 2 heterocycles. The predicted octanol–water partition coefficient (Wildman–Crippen LogP) is 4.17. The number of carbonyl (C=O) groups excluding carboxylic acids is 1. The molecule has 0 aliphatic carbocycles. The highest BCUT2D eigenvalue weighted by Gasteiger charge is 2.20. The molecule has 2 aromatic carbocycles. The number of furan rings is 1. The van der Waals surface area contributed by atoms with E-state index in [9.17, 15) is 14.7 Å². The first kappa shape index (κ1) is 20.9. The van der Waals surface area contributed by atoms with Crippen molar-refractivity contribution in [2.75, 3.05) is 6.54 Å². The highest BCUT2D eigenvalue weighted by Crippen LogP contribution is 2.34. The van der Waals surface area contributed by atoms with E-state index < -0.39 is 11.7 Å². The Morgan fingerprint density at radius 3 is 2.32 bits per heavy atom. The van der Waals surface area contributed by atoms with E-state index in [-0.39, 0.29) is 18.9 Å². The number of carbonyl (C=O) groups is 1. The Balaban J connectivity index is 1.63. The minimum atomic E-state index is -0.817. The molecular formula is C25H25NO5. The lowest BCUT2D eigenvalue weighted by molar-refractivity contribution is -0.120. The molecule has 160 valence electrons. The second kappa shape index (κ2) is 8.04. The summed E-state index contributed by atoms with van der Waals surface area (Å²) in [6.07, 6.45) is -0.936. The lowest BCUT2D eigenvalue weighted by Gasteiger charge is -2.13. The molecule has 4 aromatic rings. The van der Waals surface area contributed by atoms with Gasteiger partial charge in [0.15, 0.2) is 0 Å². The zero-order valence-corrected chi connectivity index (χ0v) is 18.0. The number of rotatable bonds is 5. The summed E-state index contributed by atoms with van der Waals surface area (Å²) >= 11 is 0. The first-order valence-corrected chi connectivity index (χ1v) is 10.2. The van der Waals surface area contributed by atoms with Crippen LogP contribution in [-0.2, 0) is 11.2 Å². The normalized spacial score (nSPS) is 12.4. The van der Waals surface area contributed by atoms with Gasteiger partial charge in [-0.25, -0.2) is 4.79 Å². The highest BCUT2D eigenvalue weighted by molar-refractivity contribution is 6.00. The molecule has 0 bridgehead atoms. The van der Waals surface area contributed by atoms with Crippen LogP contribution >= 0.6 is 0 Å². The Labute approximate surface area is 179 Å². The van der Waals surface area contributed by atoms with Gasteiger partial charge in [0.2, 0.25) is 5.91 Å². The lowest BCUT2D eigenvalue weighted by Crippen LogP contribution is -2.31. The van der Waals surface area contributed by atoms with Crippen LogP contribution in [-0.4, -0.2) is 17.6 Å². The maximum absolute atomic E-state index is 12.7. The van der Waals surface area contributed by atoms with E-state index in [0.717, 1.165) is 33.2 Å². The number of hydrogen-bond acceptors (Lipinski definition) is 5. The maximum atomic E-state index is 12.7. The van der Waals surface area contributed by atoms with Gasteiger partial charge in [-0.3, -0.25) is 4.79 Å². The van der Waals surface area contributed by atoms with Gasteiger partial charge in [0, 0.05) is 22.9 Å². The number of aryl methyl sites for hydroxylation is 4. The van der Waals surface area contributed by atoms with Gasteiger partial charge in [-0.05, 0) is 50.5 Å². The van der Waals surface area contributed by atoms with Crippen LogP contribution in [0.5, 0.6) is 0 Å². The highest BCUT2D eigenvalue weighted by atomic mass is 16.4. The number of aliphatic hydroxyl groups is 1. The zero-order valence-electron chi connectivity index (χ0n) is 18.0. The molecule has 0 saturated heterocycles. The number of benzene rings is 2. The van der Waals surface area contributed by atoms with Gasteiger partial charge in [-0.1, -0.05) is 30.3 Å². The molecule has 6 nitrogen and oxygen atoms in total. The van der Waals surface area contributed by atoms with Crippen LogP contribution in [0, 0.1) is 27.7 Å². The molecule has 2 N–H and O–H groups in total. The van der Waals surface area contributed by atoms with Gasteiger partial charge in [-0.15, -0.1) is 0 Å². The fourth-order valence-corrected chi connectivity index (χ4v) is 3.92. The monoisotopic (exact) mass is 419 g/mol. The van der Waals surface area contributed by atoms with Crippen LogP contribution < -0.4 is 10.9 Å². The van der Waals surface area contributed by atoms with E-state index in [2.05, 4.69) is 5.32 Å². The van der Waals surface area contributed by atoms with Crippen LogP contribution in [0.4, 0.5) is 0 Å². The molecule has 6 heteroatoms. The smallest absolute Gasteiger partial charge is 0.340 e. The van der Waals surface area contributed by atoms with E-state index in [0.29, 0.717) is 22.3 Å². The first-order chi connectivity index (χ1) is 14.8. The SMILES string of the molecule is Cc1oc2c(C)c3oc(=O)c(CC(=O)NC[C@@H](O)c4ccccc4)c(C)c3cc2c1C. The molecule has 31 heavy (non-hydrogen) atoms. The fraction of sp³-hybridized carbons (Fsp3) is 0.280. The Morgan fingerprint density at radius 2 is 1.61 bits per heavy atom. The van der Waals surface area contributed by atoms with Crippen LogP contribution in [0.2, 0.25) is 0 Å². The fourth-order valence-electron chi connectivity index (χ4n) is 3.92. The molecule has 0 unspecified atom stereocenters. The van der Waals surface area contributed by atoms with Gasteiger partial charge in [0.25, 0.3) is 0 Å². The summed E-state index contributed by atoms with van der Waals surface area (Å²) in [5, 5.41) is 14.7. The second-order valence-corrected chi connectivity index (χ2v) is 7.94. The van der Waals surface area contributed by atoms with Gasteiger partial charge < -0.3 is 19.3 Å². The number of nitrogens with one attached hydrogen (secondary N) is 1. The number of aliphatic hydroxyl groups excluding tert-OH is 1. The quantitative estimate of drug-likeness (QED) is 0.474. The third kappa shape index (κ3) is 3.75. The largest absolute Gasteiger partial charge is 0.461 e. The second-order valence-electron chi connectivity index (χ2n) is 7.94. The Bertz CT molecular complexity index is 1350. The van der Waals surface area contributed by atoms with Crippen molar-refractivity contribution in [1.29, 1.82) is 0 Å². The molecule has 0 fully saturated rings. The van der Waals surface area contributed by atoms with Crippen LogP contribution in [0.25, 0.3) is 21.9 Å². The minimum absolute atomic E-state index is 0.0635. The van der Waals surface area contributed by atoms with Crippen molar-refractivity contribution in [3.8, 4) is 0 Å². The average molecular weight is 419 g/mol. The molecule has 0 saturated carbocycles. The molecule has 1 atom stereocenters. The third-order valence-corrected chi connectivity index (χ3v) is 5.96. The topological polar surface area (TPSA) is 92.7 Å². The number of amides is 1. The molecule has 0 spiro atoms. The predicted molar refractivity (Wildman–Crippen MR) is 119 cm³/mol. The van der Waals surface area contributed by atoms with Crippen LogP contribution in [0.3, 0.4) is 0 Å². The Hall–Kier alpha value is -3.38. The summed E-state index contributed by atoms with van der Waals surface area (Å²) in [6, 6.07) is 11.1. The van der Waals surface area contributed by atoms with Crippen molar-refractivity contribution < 1.29 is 18.7 Å². The van der Waals surface area contributed by atoms with Crippen LogP contribution in [0.1, 0.15) is 39.7 Å². The molecule has 0 radical (unpaired) electrons. The van der Waals surface area contributed by atoms with E-state index in [1.54, 1.807) is 12.1 Å². The summed E-state index contributed by atoms with van der Waals surface area (Å²) in [7, 11) is 0. The summed E-state index contributed by atoms with van der Waals surface area (Å²) in [4.78, 5) is 25.2. The maximum Gasteiger partial charge on any atom is 0.340 e. The first-order valence-electron chi connectivity index (χ1n) is 10.2. The van der Waals surface area contributed by atoms with Crippen molar-refractivity contribution >= 4 is 27.8 Å². The van der Waals surface area contributed by atoms with Gasteiger partial charge in [0.1, 0.15) is 16.9 Å². The van der Waals surface area contributed by atoms with Gasteiger partial charge >= 0.3 is 5.63 Å². The lowest BCUT2D eigenvalue weighted by atomic mass is 9.98. The molecule has 2 aromatic heterocycles. The molecule has 1 amide bonds.